The number of hydrogen-bond acceptors (Lipinski definition) is 3. The minimum absolute atomic E-state index is 0.186. The third-order valence-electron chi connectivity index (χ3n) is 3.99. The molecule has 4 heteroatoms. The highest BCUT2D eigenvalue weighted by atomic mass is 79.9. The van der Waals surface area contributed by atoms with Gasteiger partial charge in [0.25, 0.3) is 0 Å². The molecule has 1 unspecified atom stereocenters. The van der Waals surface area contributed by atoms with E-state index in [0.717, 1.165) is 34.0 Å². The fourth-order valence-electron chi connectivity index (χ4n) is 2.78. The van der Waals surface area contributed by atoms with Crippen molar-refractivity contribution in [3.63, 3.8) is 0 Å². The second kappa shape index (κ2) is 7.57. The van der Waals surface area contributed by atoms with E-state index in [1.54, 1.807) is 0 Å². The van der Waals surface area contributed by atoms with Crippen molar-refractivity contribution < 1.29 is 5.11 Å². The predicted molar refractivity (Wildman–Crippen MR) is 98.8 cm³/mol. The number of rotatable bonds is 6. The average molecular weight is 371 g/mol. The lowest BCUT2D eigenvalue weighted by molar-refractivity contribution is 0.277. The van der Waals surface area contributed by atoms with Gasteiger partial charge in [-0.15, -0.1) is 0 Å². The molecule has 23 heavy (non-hydrogen) atoms. The molecule has 0 fully saturated rings. The summed E-state index contributed by atoms with van der Waals surface area (Å²) in [7, 11) is 0. The highest BCUT2D eigenvalue weighted by molar-refractivity contribution is 9.10. The molecular formula is C19H19BrN2O. The van der Waals surface area contributed by atoms with Crippen molar-refractivity contribution in [1.82, 2.24) is 4.98 Å². The SMILES string of the molecule is OCCC(CNc1ccnc2cc(Br)ccc12)c1ccccc1. The molecule has 0 amide bonds. The van der Waals surface area contributed by atoms with Crippen LogP contribution in [0.2, 0.25) is 0 Å². The van der Waals surface area contributed by atoms with Crippen molar-refractivity contribution in [3.8, 4) is 0 Å². The van der Waals surface area contributed by atoms with Crippen LogP contribution in [0.15, 0.2) is 65.3 Å². The summed E-state index contributed by atoms with van der Waals surface area (Å²) in [5, 5.41) is 14.0. The van der Waals surface area contributed by atoms with Crippen LogP contribution in [-0.4, -0.2) is 23.2 Å². The number of benzene rings is 2. The average Bonchev–Trinajstić information content (AvgIpc) is 2.59. The van der Waals surface area contributed by atoms with E-state index in [9.17, 15) is 5.11 Å². The third-order valence-corrected chi connectivity index (χ3v) is 4.49. The van der Waals surface area contributed by atoms with Crippen LogP contribution in [0.5, 0.6) is 0 Å². The minimum Gasteiger partial charge on any atom is -0.396 e. The molecule has 0 saturated carbocycles. The molecule has 0 aliphatic rings. The van der Waals surface area contributed by atoms with Gasteiger partial charge < -0.3 is 10.4 Å². The van der Waals surface area contributed by atoms with E-state index in [0.29, 0.717) is 0 Å². The molecule has 0 spiro atoms. The molecule has 1 heterocycles. The van der Waals surface area contributed by atoms with Crippen molar-refractivity contribution in [2.45, 2.75) is 12.3 Å². The number of nitrogens with zero attached hydrogens (tertiary/aromatic N) is 1. The Morgan fingerprint density at radius 1 is 1.09 bits per heavy atom. The molecule has 118 valence electrons. The summed E-state index contributed by atoms with van der Waals surface area (Å²) in [5.74, 6) is 0.278. The Labute approximate surface area is 144 Å². The van der Waals surface area contributed by atoms with E-state index in [4.69, 9.17) is 0 Å². The third kappa shape index (κ3) is 3.89. The van der Waals surface area contributed by atoms with Crippen molar-refractivity contribution in [2.75, 3.05) is 18.5 Å². The zero-order chi connectivity index (χ0) is 16.1. The number of halogens is 1. The van der Waals surface area contributed by atoms with E-state index in [-0.39, 0.29) is 12.5 Å². The van der Waals surface area contributed by atoms with E-state index in [2.05, 4.69) is 44.4 Å². The first-order valence-electron chi connectivity index (χ1n) is 7.72. The number of aliphatic hydroxyl groups excluding tert-OH is 1. The maximum absolute atomic E-state index is 9.35. The van der Waals surface area contributed by atoms with Crippen molar-refractivity contribution in [2.24, 2.45) is 0 Å². The summed E-state index contributed by atoms with van der Waals surface area (Å²) in [6, 6.07) is 18.4. The van der Waals surface area contributed by atoms with Crippen LogP contribution in [0.25, 0.3) is 10.9 Å². The molecule has 3 rings (SSSR count). The molecule has 0 radical (unpaired) electrons. The van der Waals surface area contributed by atoms with E-state index in [1.165, 1.54) is 5.56 Å². The Bertz CT molecular complexity index is 777. The second-order valence-electron chi connectivity index (χ2n) is 5.52. The zero-order valence-electron chi connectivity index (χ0n) is 12.7. The largest absolute Gasteiger partial charge is 0.396 e. The fourth-order valence-corrected chi connectivity index (χ4v) is 3.13. The number of fused-ring (bicyclic) bond motifs is 1. The van der Waals surface area contributed by atoms with Gasteiger partial charge >= 0.3 is 0 Å². The molecule has 0 saturated heterocycles. The molecular weight excluding hydrogens is 352 g/mol. The minimum atomic E-state index is 0.186. The summed E-state index contributed by atoms with van der Waals surface area (Å²) >= 11 is 3.48. The standard InChI is InChI=1S/C19H19BrN2O/c20-16-6-7-17-18(8-10-21-19(17)12-16)22-13-15(9-11-23)14-4-2-1-3-5-14/h1-8,10,12,15,23H,9,11,13H2,(H,21,22). The van der Waals surface area contributed by atoms with Gasteiger partial charge in [-0.25, -0.2) is 0 Å². The van der Waals surface area contributed by atoms with Crippen LogP contribution >= 0.6 is 15.9 Å². The van der Waals surface area contributed by atoms with Crippen molar-refractivity contribution in [3.05, 3.63) is 70.8 Å². The smallest absolute Gasteiger partial charge is 0.0733 e. The maximum atomic E-state index is 9.35. The lowest BCUT2D eigenvalue weighted by Crippen LogP contribution is -2.14. The van der Waals surface area contributed by atoms with Crippen LogP contribution in [0.1, 0.15) is 17.9 Å². The summed E-state index contributed by atoms with van der Waals surface area (Å²) in [6.45, 7) is 0.963. The number of aliphatic hydroxyl groups is 1. The van der Waals surface area contributed by atoms with Crippen LogP contribution < -0.4 is 5.32 Å². The van der Waals surface area contributed by atoms with Gasteiger partial charge in [-0.05, 0) is 36.2 Å². The Kier molecular flexibility index (Phi) is 5.26. The normalized spacial score (nSPS) is 12.3. The molecule has 0 bridgehead atoms. The quantitative estimate of drug-likeness (QED) is 0.667. The Morgan fingerprint density at radius 2 is 1.91 bits per heavy atom. The zero-order valence-corrected chi connectivity index (χ0v) is 14.3. The van der Waals surface area contributed by atoms with E-state index >= 15 is 0 Å². The molecule has 3 aromatic rings. The number of pyridine rings is 1. The van der Waals surface area contributed by atoms with Crippen LogP contribution in [0.3, 0.4) is 0 Å². The van der Waals surface area contributed by atoms with E-state index < -0.39 is 0 Å². The Hall–Kier alpha value is -1.91. The Morgan fingerprint density at radius 3 is 2.70 bits per heavy atom. The predicted octanol–water partition coefficient (Wildman–Crippen LogP) is 4.58. The molecule has 2 N–H and O–H groups in total. The number of nitrogens with one attached hydrogen (secondary N) is 1. The first kappa shape index (κ1) is 16.0. The monoisotopic (exact) mass is 370 g/mol. The van der Waals surface area contributed by atoms with Gasteiger partial charge in [0, 0.05) is 40.8 Å². The number of hydrogen-bond donors (Lipinski definition) is 2. The van der Waals surface area contributed by atoms with Gasteiger partial charge in [-0.2, -0.15) is 0 Å². The summed E-state index contributed by atoms with van der Waals surface area (Å²) < 4.78 is 1.03. The molecule has 0 aliphatic carbocycles. The Balaban J connectivity index is 1.81. The highest BCUT2D eigenvalue weighted by Gasteiger charge is 2.11. The molecule has 2 aromatic carbocycles. The second-order valence-corrected chi connectivity index (χ2v) is 6.44. The lowest BCUT2D eigenvalue weighted by atomic mass is 9.96. The first-order valence-corrected chi connectivity index (χ1v) is 8.51. The molecule has 3 nitrogen and oxygen atoms in total. The topological polar surface area (TPSA) is 45.1 Å². The first-order chi connectivity index (χ1) is 11.3. The molecule has 1 atom stereocenters. The van der Waals surface area contributed by atoms with Gasteiger partial charge in [0.2, 0.25) is 0 Å². The summed E-state index contributed by atoms with van der Waals surface area (Å²) in [4.78, 5) is 4.41. The molecule has 0 aliphatic heterocycles. The highest BCUT2D eigenvalue weighted by Crippen LogP contribution is 2.26. The fraction of sp³-hybridized carbons (Fsp3) is 0.211. The van der Waals surface area contributed by atoms with Gasteiger partial charge in [0.1, 0.15) is 0 Å². The molecule has 1 aromatic heterocycles. The van der Waals surface area contributed by atoms with Gasteiger partial charge in [0.05, 0.1) is 5.52 Å². The van der Waals surface area contributed by atoms with Crippen LogP contribution in [0, 0.1) is 0 Å². The lowest BCUT2D eigenvalue weighted by Gasteiger charge is -2.18. The van der Waals surface area contributed by atoms with Gasteiger partial charge in [0.15, 0.2) is 0 Å². The van der Waals surface area contributed by atoms with Crippen molar-refractivity contribution >= 4 is 32.5 Å². The van der Waals surface area contributed by atoms with Crippen LogP contribution in [-0.2, 0) is 0 Å². The maximum Gasteiger partial charge on any atom is 0.0733 e. The summed E-state index contributed by atoms with van der Waals surface area (Å²) in [5.41, 5.74) is 3.28. The van der Waals surface area contributed by atoms with Gasteiger partial charge in [-0.3, -0.25) is 4.98 Å². The number of aromatic nitrogens is 1. The number of anilines is 1. The van der Waals surface area contributed by atoms with Crippen LogP contribution in [0.4, 0.5) is 5.69 Å². The van der Waals surface area contributed by atoms with Gasteiger partial charge in [-0.1, -0.05) is 46.3 Å². The van der Waals surface area contributed by atoms with Crippen molar-refractivity contribution in [1.29, 1.82) is 0 Å². The van der Waals surface area contributed by atoms with E-state index in [1.807, 2.05) is 42.6 Å². The summed E-state index contributed by atoms with van der Waals surface area (Å²) in [6.07, 6.45) is 2.56.